The second kappa shape index (κ2) is 7.66. The summed E-state index contributed by atoms with van der Waals surface area (Å²) >= 11 is 0. The largest absolute Gasteiger partial charge is 0.464 e. The van der Waals surface area contributed by atoms with Gasteiger partial charge < -0.3 is 15.1 Å². The lowest BCUT2D eigenvalue weighted by molar-refractivity contribution is -0.123. The van der Waals surface area contributed by atoms with Gasteiger partial charge in [0.15, 0.2) is 0 Å². The molecule has 0 aliphatic rings. The molecule has 1 heterocycles. The molecule has 2 amide bonds. The van der Waals surface area contributed by atoms with Gasteiger partial charge in [-0.25, -0.2) is 0 Å². The number of fused-ring (bicyclic) bond motifs is 1. The molecule has 0 bridgehead atoms. The summed E-state index contributed by atoms with van der Waals surface area (Å²) in [5, 5.41) is 6.48. The average Bonchev–Trinajstić information content (AvgIpc) is 2.98. The van der Waals surface area contributed by atoms with Crippen LogP contribution in [0.5, 0.6) is 0 Å². The number of benzene rings is 2. The molecular weight excluding hydrogens is 340 g/mol. The number of carbonyl (C=O) groups is 2. The van der Waals surface area contributed by atoms with Gasteiger partial charge in [0.2, 0.25) is 11.8 Å². The molecule has 2 aromatic carbocycles. The number of aryl methyl sites for hydroxylation is 4. The molecule has 0 unspecified atom stereocenters. The Kier molecular flexibility index (Phi) is 5.31. The number of rotatable bonds is 5. The van der Waals surface area contributed by atoms with Crippen molar-refractivity contribution in [2.24, 2.45) is 0 Å². The highest BCUT2D eigenvalue weighted by Crippen LogP contribution is 2.25. The highest BCUT2D eigenvalue weighted by molar-refractivity contribution is 5.96. The van der Waals surface area contributed by atoms with Crippen molar-refractivity contribution in [1.29, 1.82) is 0 Å². The third-order valence-corrected chi connectivity index (χ3v) is 4.81. The quantitative estimate of drug-likeness (QED) is 0.720. The second-order valence-electron chi connectivity index (χ2n) is 6.96. The monoisotopic (exact) mass is 364 g/mol. The van der Waals surface area contributed by atoms with E-state index in [1.165, 1.54) is 0 Å². The van der Waals surface area contributed by atoms with Crippen molar-refractivity contribution in [1.82, 2.24) is 5.32 Å². The van der Waals surface area contributed by atoms with Crippen LogP contribution in [0.1, 0.15) is 27.8 Å². The van der Waals surface area contributed by atoms with E-state index in [1.807, 2.05) is 58.0 Å². The fourth-order valence-electron chi connectivity index (χ4n) is 3.08. The Morgan fingerprint density at radius 3 is 2.30 bits per heavy atom. The minimum Gasteiger partial charge on any atom is -0.464 e. The molecule has 140 valence electrons. The molecule has 0 aliphatic carbocycles. The first kappa shape index (κ1) is 18.7. The van der Waals surface area contributed by atoms with Crippen molar-refractivity contribution in [3.63, 3.8) is 0 Å². The SMILES string of the molecule is Cc1cc2occ(CC(=O)NCC(=O)Nc3c(C)cccc3C)c2cc1C. The molecule has 27 heavy (non-hydrogen) atoms. The predicted octanol–water partition coefficient (Wildman–Crippen LogP) is 3.96. The summed E-state index contributed by atoms with van der Waals surface area (Å²) in [6, 6.07) is 9.83. The molecule has 5 nitrogen and oxygen atoms in total. The first-order chi connectivity index (χ1) is 12.8. The first-order valence-electron chi connectivity index (χ1n) is 8.95. The summed E-state index contributed by atoms with van der Waals surface area (Å²) in [6.07, 6.45) is 1.78. The van der Waals surface area contributed by atoms with Crippen LogP contribution in [0.25, 0.3) is 11.0 Å². The van der Waals surface area contributed by atoms with E-state index in [9.17, 15) is 9.59 Å². The van der Waals surface area contributed by atoms with Crippen molar-refractivity contribution in [2.75, 3.05) is 11.9 Å². The van der Waals surface area contributed by atoms with Gasteiger partial charge in [-0.05, 0) is 62.1 Å². The topological polar surface area (TPSA) is 71.3 Å². The highest BCUT2D eigenvalue weighted by Gasteiger charge is 2.13. The van der Waals surface area contributed by atoms with Crippen molar-refractivity contribution in [2.45, 2.75) is 34.1 Å². The lowest BCUT2D eigenvalue weighted by atomic mass is 10.0. The van der Waals surface area contributed by atoms with Crippen molar-refractivity contribution < 1.29 is 14.0 Å². The van der Waals surface area contributed by atoms with E-state index in [4.69, 9.17) is 4.42 Å². The molecule has 0 fully saturated rings. The number of carbonyl (C=O) groups excluding carboxylic acids is 2. The maximum atomic E-state index is 12.3. The lowest BCUT2D eigenvalue weighted by Gasteiger charge is -2.11. The Morgan fingerprint density at radius 1 is 0.926 bits per heavy atom. The average molecular weight is 364 g/mol. The summed E-state index contributed by atoms with van der Waals surface area (Å²) in [6.45, 7) is 7.87. The van der Waals surface area contributed by atoms with Crippen molar-refractivity contribution >= 4 is 28.5 Å². The number of anilines is 1. The van der Waals surface area contributed by atoms with E-state index >= 15 is 0 Å². The summed E-state index contributed by atoms with van der Waals surface area (Å²) in [7, 11) is 0. The van der Waals surface area contributed by atoms with E-state index in [0.29, 0.717) is 0 Å². The zero-order chi connectivity index (χ0) is 19.6. The van der Waals surface area contributed by atoms with E-state index in [-0.39, 0.29) is 24.8 Å². The number of amides is 2. The highest BCUT2D eigenvalue weighted by atomic mass is 16.3. The minimum absolute atomic E-state index is 0.0689. The molecule has 2 N–H and O–H groups in total. The standard InChI is InChI=1S/C22H24N2O3/c1-13-6-5-7-14(2)22(13)24-21(26)11-23-20(25)10-17-12-27-19-9-16(4)15(3)8-18(17)19/h5-9,12H,10-11H2,1-4H3,(H,23,25)(H,24,26). The molecular formula is C22H24N2O3. The van der Waals surface area contributed by atoms with Gasteiger partial charge in [0.05, 0.1) is 19.2 Å². The van der Waals surface area contributed by atoms with Crippen molar-refractivity contribution in [3.05, 3.63) is 64.4 Å². The van der Waals surface area contributed by atoms with Gasteiger partial charge in [0, 0.05) is 16.6 Å². The zero-order valence-corrected chi connectivity index (χ0v) is 16.1. The zero-order valence-electron chi connectivity index (χ0n) is 16.1. The van der Waals surface area contributed by atoms with Gasteiger partial charge in [-0.3, -0.25) is 9.59 Å². The molecule has 0 spiro atoms. The fourth-order valence-corrected chi connectivity index (χ4v) is 3.08. The van der Waals surface area contributed by atoms with E-state index < -0.39 is 0 Å². The normalized spacial score (nSPS) is 10.8. The van der Waals surface area contributed by atoms with Crippen LogP contribution in [0.3, 0.4) is 0 Å². The third-order valence-electron chi connectivity index (χ3n) is 4.81. The van der Waals surface area contributed by atoms with Gasteiger partial charge in [-0.1, -0.05) is 18.2 Å². The van der Waals surface area contributed by atoms with E-state index in [2.05, 4.69) is 10.6 Å². The van der Waals surface area contributed by atoms with Crippen LogP contribution in [0.15, 0.2) is 41.0 Å². The van der Waals surface area contributed by atoms with E-state index in [1.54, 1.807) is 6.26 Å². The summed E-state index contributed by atoms with van der Waals surface area (Å²) in [4.78, 5) is 24.4. The van der Waals surface area contributed by atoms with Crippen LogP contribution in [0.2, 0.25) is 0 Å². The number of hydrogen-bond donors (Lipinski definition) is 2. The third kappa shape index (κ3) is 4.19. The fraction of sp³-hybridized carbons (Fsp3) is 0.273. The molecule has 0 radical (unpaired) electrons. The second-order valence-corrected chi connectivity index (χ2v) is 6.96. The Hall–Kier alpha value is -3.08. The Balaban J connectivity index is 1.60. The molecule has 0 saturated carbocycles. The van der Waals surface area contributed by atoms with Gasteiger partial charge in [0.25, 0.3) is 0 Å². The van der Waals surface area contributed by atoms with Gasteiger partial charge in [-0.2, -0.15) is 0 Å². The van der Waals surface area contributed by atoms with Crippen LogP contribution >= 0.6 is 0 Å². The molecule has 0 aliphatic heterocycles. The summed E-state index contributed by atoms with van der Waals surface area (Å²) < 4.78 is 5.56. The molecule has 0 atom stereocenters. The van der Waals surface area contributed by atoms with E-state index in [0.717, 1.165) is 44.5 Å². The molecule has 1 aromatic heterocycles. The molecule has 0 saturated heterocycles. The van der Waals surface area contributed by atoms with Crippen molar-refractivity contribution in [3.8, 4) is 0 Å². The van der Waals surface area contributed by atoms with Crippen LogP contribution in [0, 0.1) is 27.7 Å². The predicted molar refractivity (Wildman–Crippen MR) is 107 cm³/mol. The molecule has 3 rings (SSSR count). The maximum absolute atomic E-state index is 12.3. The Bertz CT molecular complexity index is 998. The first-order valence-corrected chi connectivity index (χ1v) is 8.95. The van der Waals surface area contributed by atoms with Crippen LogP contribution in [-0.4, -0.2) is 18.4 Å². The van der Waals surface area contributed by atoms with Crippen LogP contribution < -0.4 is 10.6 Å². The Morgan fingerprint density at radius 2 is 1.59 bits per heavy atom. The molecule has 3 aromatic rings. The lowest BCUT2D eigenvalue weighted by Crippen LogP contribution is -2.34. The number of nitrogens with one attached hydrogen (secondary N) is 2. The van der Waals surface area contributed by atoms with Gasteiger partial charge in [0.1, 0.15) is 5.58 Å². The molecule has 5 heteroatoms. The smallest absolute Gasteiger partial charge is 0.243 e. The van der Waals surface area contributed by atoms with Gasteiger partial charge >= 0.3 is 0 Å². The number of furan rings is 1. The minimum atomic E-state index is -0.246. The Labute approximate surface area is 158 Å². The number of para-hydroxylation sites is 1. The van der Waals surface area contributed by atoms with Crippen LogP contribution in [-0.2, 0) is 16.0 Å². The summed E-state index contributed by atoms with van der Waals surface area (Å²) in [5.74, 6) is -0.461. The summed E-state index contributed by atoms with van der Waals surface area (Å²) in [5.41, 5.74) is 6.67. The number of hydrogen-bond acceptors (Lipinski definition) is 3. The maximum Gasteiger partial charge on any atom is 0.243 e. The van der Waals surface area contributed by atoms with Gasteiger partial charge in [-0.15, -0.1) is 0 Å². The van der Waals surface area contributed by atoms with Crippen LogP contribution in [0.4, 0.5) is 5.69 Å².